The van der Waals surface area contributed by atoms with E-state index in [1.165, 1.54) is 22.9 Å². The van der Waals surface area contributed by atoms with Crippen LogP contribution in [0.5, 0.6) is 0 Å². The SMILES string of the molecule is CCc1c(-c2nc(Cl)ncc2Cl)nc(C(=O)O)n1CC(C)NCc1cccc(C(F)(F)F)n1. The Labute approximate surface area is 196 Å². The Balaban J connectivity index is 1.86. The zero-order valence-electron chi connectivity index (χ0n) is 17.5. The van der Waals surface area contributed by atoms with Crippen LogP contribution in [0.3, 0.4) is 0 Å². The van der Waals surface area contributed by atoms with Gasteiger partial charge in [0, 0.05) is 24.8 Å². The highest BCUT2D eigenvalue weighted by molar-refractivity contribution is 6.33. The highest BCUT2D eigenvalue weighted by Gasteiger charge is 2.32. The van der Waals surface area contributed by atoms with Crippen LogP contribution in [-0.4, -0.2) is 41.6 Å². The van der Waals surface area contributed by atoms with Crippen LogP contribution >= 0.6 is 23.2 Å². The molecule has 3 aromatic rings. The van der Waals surface area contributed by atoms with E-state index in [2.05, 4.69) is 25.3 Å². The van der Waals surface area contributed by atoms with Gasteiger partial charge in [-0.05, 0) is 37.1 Å². The Morgan fingerprint density at radius 1 is 1.21 bits per heavy atom. The third kappa shape index (κ3) is 5.79. The van der Waals surface area contributed by atoms with E-state index in [0.29, 0.717) is 12.1 Å². The molecule has 8 nitrogen and oxygen atoms in total. The van der Waals surface area contributed by atoms with Gasteiger partial charge in [-0.1, -0.05) is 24.6 Å². The number of nitrogens with zero attached hydrogens (tertiary/aromatic N) is 5. The van der Waals surface area contributed by atoms with Gasteiger partial charge in [0.2, 0.25) is 11.1 Å². The van der Waals surface area contributed by atoms with Gasteiger partial charge >= 0.3 is 12.1 Å². The molecular formula is C20H19Cl2F3N6O2. The maximum Gasteiger partial charge on any atom is 0.433 e. The number of halogens is 5. The Morgan fingerprint density at radius 3 is 2.58 bits per heavy atom. The number of carboxylic acids is 1. The molecule has 0 radical (unpaired) electrons. The molecule has 0 aliphatic heterocycles. The minimum absolute atomic E-state index is 0.0594. The first-order chi connectivity index (χ1) is 15.5. The molecule has 0 saturated carbocycles. The number of nitrogens with one attached hydrogen (secondary N) is 1. The molecule has 2 N–H and O–H groups in total. The summed E-state index contributed by atoms with van der Waals surface area (Å²) in [6.07, 6.45) is -2.82. The molecule has 0 spiro atoms. The number of rotatable bonds is 8. The molecule has 0 saturated heterocycles. The molecule has 0 aromatic carbocycles. The molecule has 0 amide bonds. The molecule has 176 valence electrons. The molecule has 0 aliphatic carbocycles. The fraction of sp³-hybridized carbons (Fsp3) is 0.350. The summed E-state index contributed by atoms with van der Waals surface area (Å²) in [5, 5.41) is 12.9. The number of hydrogen-bond acceptors (Lipinski definition) is 6. The van der Waals surface area contributed by atoms with Gasteiger partial charge in [-0.2, -0.15) is 13.2 Å². The van der Waals surface area contributed by atoms with Crippen molar-refractivity contribution < 1.29 is 23.1 Å². The van der Waals surface area contributed by atoms with Crippen LogP contribution in [0.25, 0.3) is 11.4 Å². The van der Waals surface area contributed by atoms with Crippen LogP contribution in [0, 0.1) is 0 Å². The Morgan fingerprint density at radius 2 is 1.94 bits per heavy atom. The monoisotopic (exact) mass is 502 g/mol. The molecule has 1 unspecified atom stereocenters. The van der Waals surface area contributed by atoms with Gasteiger partial charge in [0.05, 0.1) is 16.9 Å². The molecule has 0 aliphatic rings. The van der Waals surface area contributed by atoms with E-state index in [1.54, 1.807) is 6.92 Å². The van der Waals surface area contributed by atoms with Crippen LogP contribution in [-0.2, 0) is 25.7 Å². The quantitative estimate of drug-likeness (QED) is 0.436. The van der Waals surface area contributed by atoms with Crippen molar-refractivity contribution in [1.29, 1.82) is 0 Å². The number of hydrogen-bond donors (Lipinski definition) is 2. The van der Waals surface area contributed by atoms with Crippen molar-refractivity contribution in [3.8, 4) is 11.4 Å². The van der Waals surface area contributed by atoms with Crippen LogP contribution in [0.15, 0.2) is 24.4 Å². The molecule has 33 heavy (non-hydrogen) atoms. The van der Waals surface area contributed by atoms with Crippen molar-refractivity contribution in [1.82, 2.24) is 29.8 Å². The molecule has 13 heteroatoms. The van der Waals surface area contributed by atoms with Crippen molar-refractivity contribution in [2.24, 2.45) is 0 Å². The maximum absolute atomic E-state index is 12.9. The summed E-state index contributed by atoms with van der Waals surface area (Å²) < 4.78 is 40.1. The van der Waals surface area contributed by atoms with Gasteiger partial charge in [-0.3, -0.25) is 0 Å². The van der Waals surface area contributed by atoms with E-state index < -0.39 is 17.8 Å². The topological polar surface area (TPSA) is 106 Å². The number of pyridine rings is 1. The summed E-state index contributed by atoms with van der Waals surface area (Å²) in [6, 6.07) is 3.33. The molecule has 0 fully saturated rings. The summed E-state index contributed by atoms with van der Waals surface area (Å²) in [4.78, 5) is 27.6. The first kappa shape index (κ1) is 24.9. The van der Waals surface area contributed by atoms with Crippen molar-refractivity contribution in [2.45, 2.75) is 45.6 Å². The van der Waals surface area contributed by atoms with E-state index >= 15 is 0 Å². The second kappa shape index (κ2) is 10.0. The molecule has 1 atom stereocenters. The fourth-order valence-electron chi connectivity index (χ4n) is 3.26. The lowest BCUT2D eigenvalue weighted by molar-refractivity contribution is -0.141. The summed E-state index contributed by atoms with van der Waals surface area (Å²) in [5.74, 6) is -1.47. The summed E-state index contributed by atoms with van der Waals surface area (Å²) in [6.45, 7) is 3.83. The molecule has 3 heterocycles. The second-order valence-corrected chi connectivity index (χ2v) is 7.87. The third-order valence-corrected chi connectivity index (χ3v) is 5.18. The van der Waals surface area contributed by atoms with Crippen molar-refractivity contribution in [3.05, 3.63) is 57.6 Å². The Bertz CT molecular complexity index is 1170. The van der Waals surface area contributed by atoms with E-state index in [4.69, 9.17) is 23.2 Å². The normalized spacial score (nSPS) is 12.7. The number of imidazole rings is 1. The minimum atomic E-state index is -4.54. The standard InChI is InChI=1S/C20H19Cl2F3N6O2/c1-3-13-16(15-12(21)8-27-19(22)30-15)29-17(18(32)33)31(13)9-10(2)26-7-11-5-4-6-14(28-11)20(23,24)25/h4-6,8,10,26H,3,7,9H2,1-2H3,(H,32,33). The fourth-order valence-corrected chi connectivity index (χ4v) is 3.57. The van der Waals surface area contributed by atoms with Crippen molar-refractivity contribution in [2.75, 3.05) is 0 Å². The van der Waals surface area contributed by atoms with Crippen LogP contribution in [0.1, 0.15) is 41.5 Å². The predicted octanol–water partition coefficient (Wildman–Crippen LogP) is 4.50. The zero-order chi connectivity index (χ0) is 24.3. The maximum atomic E-state index is 12.9. The number of carboxylic acid groups (broad SMARTS) is 1. The van der Waals surface area contributed by atoms with Crippen LogP contribution in [0.2, 0.25) is 10.3 Å². The lowest BCUT2D eigenvalue weighted by Gasteiger charge is -2.18. The average molecular weight is 503 g/mol. The molecule has 0 bridgehead atoms. The number of alkyl halides is 3. The summed E-state index contributed by atoms with van der Waals surface area (Å²) in [7, 11) is 0. The van der Waals surface area contributed by atoms with E-state index in [1.807, 2.05) is 6.92 Å². The lowest BCUT2D eigenvalue weighted by Crippen LogP contribution is -2.32. The van der Waals surface area contributed by atoms with Crippen molar-refractivity contribution >= 4 is 29.2 Å². The minimum Gasteiger partial charge on any atom is -0.475 e. The van der Waals surface area contributed by atoms with Gasteiger partial charge in [0.1, 0.15) is 17.1 Å². The van der Waals surface area contributed by atoms with Gasteiger partial charge in [-0.25, -0.2) is 24.7 Å². The summed E-state index contributed by atoms with van der Waals surface area (Å²) >= 11 is 12.1. The Hall–Kier alpha value is -2.76. The average Bonchev–Trinajstić information content (AvgIpc) is 3.11. The van der Waals surface area contributed by atoms with Gasteiger partial charge in [0.25, 0.3) is 0 Å². The molecule has 3 rings (SSSR count). The molecule has 3 aromatic heterocycles. The third-order valence-electron chi connectivity index (χ3n) is 4.72. The van der Waals surface area contributed by atoms with Crippen molar-refractivity contribution in [3.63, 3.8) is 0 Å². The smallest absolute Gasteiger partial charge is 0.433 e. The van der Waals surface area contributed by atoms with Gasteiger partial charge in [-0.15, -0.1) is 0 Å². The highest BCUT2D eigenvalue weighted by Crippen LogP contribution is 2.30. The number of aromatic nitrogens is 5. The number of carbonyl (C=O) groups is 1. The van der Waals surface area contributed by atoms with Gasteiger partial charge < -0.3 is 15.0 Å². The first-order valence-corrected chi connectivity index (χ1v) is 10.5. The van der Waals surface area contributed by atoms with E-state index in [0.717, 1.165) is 6.07 Å². The van der Waals surface area contributed by atoms with Crippen LogP contribution in [0.4, 0.5) is 13.2 Å². The molecular weight excluding hydrogens is 484 g/mol. The second-order valence-electron chi connectivity index (χ2n) is 7.13. The van der Waals surface area contributed by atoms with Crippen LogP contribution < -0.4 is 5.32 Å². The lowest BCUT2D eigenvalue weighted by atomic mass is 10.2. The first-order valence-electron chi connectivity index (χ1n) is 9.78. The summed E-state index contributed by atoms with van der Waals surface area (Å²) in [5.41, 5.74) is 0.282. The Kier molecular flexibility index (Phi) is 7.55. The largest absolute Gasteiger partial charge is 0.475 e. The zero-order valence-corrected chi connectivity index (χ0v) is 19.0. The highest BCUT2D eigenvalue weighted by atomic mass is 35.5. The predicted molar refractivity (Wildman–Crippen MR) is 115 cm³/mol. The van der Waals surface area contributed by atoms with E-state index in [-0.39, 0.29) is 52.3 Å². The van der Waals surface area contributed by atoms with Gasteiger partial charge in [0.15, 0.2) is 0 Å². The number of aromatic carboxylic acids is 1. The van der Waals surface area contributed by atoms with E-state index in [9.17, 15) is 23.1 Å².